The van der Waals surface area contributed by atoms with E-state index in [1.54, 1.807) is 13.3 Å². The molecule has 1 aromatic carbocycles. The van der Waals surface area contributed by atoms with E-state index in [9.17, 15) is 0 Å². The normalized spacial score (nSPS) is 12.8. The van der Waals surface area contributed by atoms with E-state index in [0.29, 0.717) is 0 Å². The molecule has 116 valence electrons. The molecule has 0 amide bonds. The summed E-state index contributed by atoms with van der Waals surface area (Å²) in [5.74, 6) is 1.90. The molecule has 0 atom stereocenters. The van der Waals surface area contributed by atoms with Gasteiger partial charge in [-0.1, -0.05) is 0 Å². The first-order chi connectivity index (χ1) is 11.3. The molecule has 6 heteroatoms. The molecule has 1 N–H and O–H groups in total. The van der Waals surface area contributed by atoms with Gasteiger partial charge in [-0.2, -0.15) is 5.10 Å². The third-order valence-electron chi connectivity index (χ3n) is 3.95. The van der Waals surface area contributed by atoms with Crippen LogP contribution in [0.3, 0.4) is 0 Å². The van der Waals surface area contributed by atoms with Crippen molar-refractivity contribution in [1.82, 2.24) is 14.8 Å². The van der Waals surface area contributed by atoms with Crippen molar-refractivity contribution in [2.24, 2.45) is 0 Å². The molecule has 3 aromatic rings. The fraction of sp³-hybridized carbons (Fsp3) is 0.176. The maximum absolute atomic E-state index is 5.23. The largest absolute Gasteiger partial charge is 0.497 e. The van der Waals surface area contributed by atoms with Gasteiger partial charge in [0.05, 0.1) is 18.5 Å². The zero-order valence-corrected chi connectivity index (χ0v) is 14.2. The summed E-state index contributed by atoms with van der Waals surface area (Å²) in [6.45, 7) is 0.928. The Kier molecular flexibility index (Phi) is 3.53. The fourth-order valence-corrected chi connectivity index (χ4v) is 3.22. The van der Waals surface area contributed by atoms with Gasteiger partial charge in [-0.15, -0.1) is 0 Å². The molecule has 1 aliphatic heterocycles. The minimum atomic E-state index is 0.835. The van der Waals surface area contributed by atoms with Gasteiger partial charge in [0.25, 0.3) is 0 Å². The van der Waals surface area contributed by atoms with Crippen LogP contribution >= 0.6 is 15.9 Å². The Hall–Kier alpha value is -2.34. The molecule has 0 spiro atoms. The van der Waals surface area contributed by atoms with Crippen LogP contribution in [0.5, 0.6) is 5.75 Å². The van der Waals surface area contributed by atoms with E-state index >= 15 is 0 Å². The number of methoxy groups -OCH3 is 1. The van der Waals surface area contributed by atoms with Crippen LogP contribution in [-0.4, -0.2) is 28.4 Å². The van der Waals surface area contributed by atoms with Gasteiger partial charge in [0.15, 0.2) is 0 Å². The van der Waals surface area contributed by atoms with Gasteiger partial charge in [0.1, 0.15) is 11.6 Å². The third kappa shape index (κ3) is 2.49. The molecule has 0 fully saturated rings. The van der Waals surface area contributed by atoms with E-state index in [1.165, 1.54) is 5.56 Å². The van der Waals surface area contributed by atoms with Gasteiger partial charge in [0.2, 0.25) is 0 Å². The highest BCUT2D eigenvalue weighted by molar-refractivity contribution is 9.10. The number of rotatable bonds is 3. The Labute approximate surface area is 142 Å². The van der Waals surface area contributed by atoms with Crippen LogP contribution in [-0.2, 0) is 6.42 Å². The Morgan fingerprint density at radius 3 is 2.78 bits per heavy atom. The summed E-state index contributed by atoms with van der Waals surface area (Å²) in [5.41, 5.74) is 4.24. The van der Waals surface area contributed by atoms with Crippen molar-refractivity contribution < 1.29 is 4.74 Å². The molecule has 0 saturated heterocycles. The number of hydrogen-bond acceptors (Lipinski definition) is 4. The number of aromatic nitrogens is 3. The molecule has 0 saturated carbocycles. The van der Waals surface area contributed by atoms with Crippen LogP contribution in [0.2, 0.25) is 0 Å². The molecule has 0 radical (unpaired) electrons. The number of fused-ring (bicyclic) bond motifs is 1. The van der Waals surface area contributed by atoms with Crippen LogP contribution in [0.15, 0.2) is 47.2 Å². The van der Waals surface area contributed by atoms with Gasteiger partial charge in [0, 0.05) is 34.5 Å². The topological polar surface area (TPSA) is 52.0 Å². The van der Waals surface area contributed by atoms with Crippen LogP contribution in [0.1, 0.15) is 5.56 Å². The maximum atomic E-state index is 5.23. The first-order valence-electron chi connectivity index (χ1n) is 7.37. The molecule has 0 unspecified atom stereocenters. The fourth-order valence-electron chi connectivity index (χ4n) is 2.86. The number of hydrogen-bond donors (Lipinski definition) is 1. The third-order valence-corrected chi connectivity index (χ3v) is 4.38. The molecule has 0 aliphatic carbocycles. The summed E-state index contributed by atoms with van der Waals surface area (Å²) in [7, 11) is 1.67. The average molecular weight is 371 g/mol. The molecule has 1 aliphatic rings. The van der Waals surface area contributed by atoms with Crippen molar-refractivity contribution in [3.8, 4) is 22.7 Å². The van der Waals surface area contributed by atoms with Crippen LogP contribution in [0.4, 0.5) is 5.82 Å². The quantitative estimate of drug-likeness (QED) is 0.763. The predicted octanol–water partition coefficient (Wildman–Crippen LogP) is 3.67. The van der Waals surface area contributed by atoms with Gasteiger partial charge >= 0.3 is 0 Å². The SMILES string of the molecule is COc1ccc(-n2nc(-c3cncc(Br)c3)c3c2NCC3)cc1. The molecule has 23 heavy (non-hydrogen) atoms. The van der Waals surface area contributed by atoms with Crippen molar-refractivity contribution in [2.45, 2.75) is 6.42 Å². The second-order valence-electron chi connectivity index (χ2n) is 5.35. The molecular formula is C17H15BrN4O. The average Bonchev–Trinajstić information content (AvgIpc) is 3.17. The first kappa shape index (κ1) is 14.3. The van der Waals surface area contributed by atoms with Crippen molar-refractivity contribution in [3.05, 3.63) is 52.8 Å². The van der Waals surface area contributed by atoms with E-state index in [-0.39, 0.29) is 0 Å². The lowest BCUT2D eigenvalue weighted by Gasteiger charge is -2.07. The zero-order chi connectivity index (χ0) is 15.8. The second-order valence-corrected chi connectivity index (χ2v) is 6.27. The molecule has 2 aromatic heterocycles. The monoisotopic (exact) mass is 370 g/mol. The highest BCUT2D eigenvalue weighted by Crippen LogP contribution is 2.35. The number of anilines is 1. The van der Waals surface area contributed by atoms with E-state index in [4.69, 9.17) is 9.84 Å². The number of ether oxygens (including phenoxy) is 1. The van der Waals surface area contributed by atoms with E-state index in [2.05, 4.69) is 26.2 Å². The zero-order valence-electron chi connectivity index (χ0n) is 12.6. The molecule has 4 rings (SSSR count). The van der Waals surface area contributed by atoms with Gasteiger partial charge < -0.3 is 10.1 Å². The Morgan fingerprint density at radius 1 is 1.22 bits per heavy atom. The summed E-state index contributed by atoms with van der Waals surface area (Å²) in [6.07, 6.45) is 4.60. The summed E-state index contributed by atoms with van der Waals surface area (Å²) in [5, 5.41) is 8.26. The van der Waals surface area contributed by atoms with Crippen LogP contribution in [0.25, 0.3) is 16.9 Å². The first-order valence-corrected chi connectivity index (χ1v) is 8.16. The van der Waals surface area contributed by atoms with Crippen LogP contribution in [0, 0.1) is 0 Å². The summed E-state index contributed by atoms with van der Waals surface area (Å²) in [4.78, 5) is 4.26. The minimum absolute atomic E-state index is 0.835. The molecule has 5 nitrogen and oxygen atoms in total. The summed E-state index contributed by atoms with van der Waals surface area (Å²) >= 11 is 3.48. The standard InChI is InChI=1S/C17H15BrN4O/c1-23-14-4-2-13(3-5-14)22-17-15(6-7-20-17)16(21-22)11-8-12(18)10-19-9-11/h2-5,8-10,20H,6-7H2,1H3. The lowest BCUT2D eigenvalue weighted by Crippen LogP contribution is -2.04. The molecular weight excluding hydrogens is 356 g/mol. The van der Waals surface area contributed by atoms with E-state index < -0.39 is 0 Å². The summed E-state index contributed by atoms with van der Waals surface area (Å²) < 4.78 is 8.14. The van der Waals surface area contributed by atoms with Crippen LogP contribution < -0.4 is 10.1 Å². The minimum Gasteiger partial charge on any atom is -0.497 e. The predicted molar refractivity (Wildman–Crippen MR) is 93.2 cm³/mol. The van der Waals surface area contributed by atoms with Crippen molar-refractivity contribution >= 4 is 21.7 Å². The Morgan fingerprint density at radius 2 is 2.04 bits per heavy atom. The number of benzene rings is 1. The van der Waals surface area contributed by atoms with E-state index in [0.717, 1.165) is 46.0 Å². The van der Waals surface area contributed by atoms with Gasteiger partial charge in [-0.05, 0) is 52.7 Å². The molecule has 3 heterocycles. The lowest BCUT2D eigenvalue weighted by atomic mass is 10.1. The van der Waals surface area contributed by atoms with Crippen molar-refractivity contribution in [3.63, 3.8) is 0 Å². The summed E-state index contributed by atoms with van der Waals surface area (Å²) in [6, 6.07) is 9.95. The molecule has 0 bridgehead atoms. The smallest absolute Gasteiger partial charge is 0.133 e. The number of halogens is 1. The van der Waals surface area contributed by atoms with E-state index in [1.807, 2.05) is 41.2 Å². The number of nitrogens with one attached hydrogen (secondary N) is 1. The van der Waals surface area contributed by atoms with Crippen molar-refractivity contribution in [2.75, 3.05) is 19.0 Å². The van der Waals surface area contributed by atoms with Gasteiger partial charge in [-0.3, -0.25) is 4.98 Å². The van der Waals surface area contributed by atoms with Crippen molar-refractivity contribution in [1.29, 1.82) is 0 Å². The Balaban J connectivity index is 1.84. The Bertz CT molecular complexity index is 858. The highest BCUT2D eigenvalue weighted by atomic mass is 79.9. The maximum Gasteiger partial charge on any atom is 0.133 e. The highest BCUT2D eigenvalue weighted by Gasteiger charge is 2.24. The van der Waals surface area contributed by atoms with Gasteiger partial charge in [-0.25, -0.2) is 4.68 Å². The number of pyridine rings is 1. The second kappa shape index (κ2) is 5.70. The lowest BCUT2D eigenvalue weighted by molar-refractivity contribution is 0.414. The number of nitrogens with zero attached hydrogens (tertiary/aromatic N) is 3.